The van der Waals surface area contributed by atoms with Crippen LogP contribution >= 0.6 is 22.6 Å². The van der Waals surface area contributed by atoms with Crippen molar-refractivity contribution in [3.05, 3.63) is 0 Å². The maximum Gasteiger partial charge on any atom is 0.0716 e. The molecule has 0 aliphatic carbocycles. The summed E-state index contributed by atoms with van der Waals surface area (Å²) < 4.78 is 0.451. The van der Waals surface area contributed by atoms with Gasteiger partial charge in [-0.15, -0.1) is 6.42 Å². The van der Waals surface area contributed by atoms with Gasteiger partial charge >= 0.3 is 0 Å². The molecule has 0 spiro atoms. The SMILES string of the molecule is C#CC(I)CCCC. The Morgan fingerprint density at radius 3 is 2.75 bits per heavy atom. The van der Waals surface area contributed by atoms with Crippen molar-refractivity contribution in [2.45, 2.75) is 30.1 Å². The van der Waals surface area contributed by atoms with Gasteiger partial charge in [-0.25, -0.2) is 0 Å². The van der Waals surface area contributed by atoms with Crippen LogP contribution in [0.25, 0.3) is 0 Å². The summed E-state index contributed by atoms with van der Waals surface area (Å²) in [6.07, 6.45) is 8.84. The van der Waals surface area contributed by atoms with E-state index in [1.807, 2.05) is 0 Å². The zero-order valence-electron chi connectivity index (χ0n) is 5.15. The Bertz CT molecular complexity index is 80.9. The van der Waals surface area contributed by atoms with Gasteiger partial charge in [-0.05, 0) is 6.42 Å². The van der Waals surface area contributed by atoms with Crippen LogP contribution in [0.2, 0.25) is 0 Å². The van der Waals surface area contributed by atoms with Crippen LogP contribution < -0.4 is 0 Å². The summed E-state index contributed by atoms with van der Waals surface area (Å²) in [7, 11) is 0. The van der Waals surface area contributed by atoms with E-state index < -0.39 is 0 Å². The number of halogens is 1. The molecule has 0 heterocycles. The normalized spacial score (nSPS) is 12.6. The van der Waals surface area contributed by atoms with Gasteiger partial charge in [0.1, 0.15) is 0 Å². The minimum absolute atomic E-state index is 0.451. The molecular weight excluding hydrogens is 211 g/mol. The monoisotopic (exact) mass is 222 g/mol. The van der Waals surface area contributed by atoms with Gasteiger partial charge < -0.3 is 0 Å². The van der Waals surface area contributed by atoms with Crippen LogP contribution in [0.5, 0.6) is 0 Å². The van der Waals surface area contributed by atoms with Crippen LogP contribution in [-0.2, 0) is 0 Å². The van der Waals surface area contributed by atoms with Gasteiger partial charge in [0, 0.05) is 0 Å². The topological polar surface area (TPSA) is 0 Å². The first-order valence-corrected chi connectivity index (χ1v) is 4.16. The summed E-state index contributed by atoms with van der Waals surface area (Å²) in [6.45, 7) is 2.18. The Balaban J connectivity index is 3.02. The fraction of sp³-hybridized carbons (Fsp3) is 0.714. The third-order valence-electron chi connectivity index (χ3n) is 0.992. The molecule has 1 heteroatoms. The van der Waals surface area contributed by atoms with Crippen LogP contribution in [0.15, 0.2) is 0 Å². The molecule has 0 N–H and O–H groups in total. The first-order valence-electron chi connectivity index (χ1n) is 2.91. The Kier molecular flexibility index (Phi) is 5.62. The quantitative estimate of drug-likeness (QED) is 0.391. The van der Waals surface area contributed by atoms with E-state index in [0.29, 0.717) is 3.92 Å². The minimum Gasteiger partial charge on any atom is -0.119 e. The van der Waals surface area contributed by atoms with Gasteiger partial charge in [0.2, 0.25) is 0 Å². The Morgan fingerprint density at radius 2 is 2.38 bits per heavy atom. The summed E-state index contributed by atoms with van der Waals surface area (Å²) in [5, 5.41) is 0. The first kappa shape index (κ1) is 8.29. The molecule has 0 saturated carbocycles. The average Bonchev–Trinajstić information content (AvgIpc) is 1.83. The summed E-state index contributed by atoms with van der Waals surface area (Å²) in [5.41, 5.74) is 0. The number of rotatable bonds is 3. The number of unbranched alkanes of at least 4 members (excludes halogenated alkanes) is 1. The maximum absolute atomic E-state index is 5.16. The zero-order chi connectivity index (χ0) is 6.41. The number of alkyl halides is 1. The second kappa shape index (κ2) is 5.43. The molecule has 0 rings (SSSR count). The average molecular weight is 222 g/mol. The summed E-state index contributed by atoms with van der Waals surface area (Å²) in [6, 6.07) is 0. The number of hydrogen-bond acceptors (Lipinski definition) is 0. The van der Waals surface area contributed by atoms with Gasteiger partial charge in [0.25, 0.3) is 0 Å². The van der Waals surface area contributed by atoms with E-state index in [2.05, 4.69) is 35.4 Å². The van der Waals surface area contributed by atoms with Crippen molar-refractivity contribution in [3.63, 3.8) is 0 Å². The van der Waals surface area contributed by atoms with Gasteiger partial charge in [0.15, 0.2) is 0 Å². The second-order valence-electron chi connectivity index (χ2n) is 1.78. The van der Waals surface area contributed by atoms with Crippen LogP contribution in [0.1, 0.15) is 26.2 Å². The van der Waals surface area contributed by atoms with Gasteiger partial charge in [0.05, 0.1) is 3.92 Å². The van der Waals surface area contributed by atoms with Crippen molar-refractivity contribution in [2.24, 2.45) is 0 Å². The molecule has 8 heavy (non-hydrogen) atoms. The largest absolute Gasteiger partial charge is 0.119 e. The highest BCUT2D eigenvalue weighted by atomic mass is 127. The molecule has 0 aliphatic heterocycles. The standard InChI is InChI=1S/C7H11I/c1-3-5-6-7(8)4-2/h2,7H,3,5-6H2,1H3. The van der Waals surface area contributed by atoms with Crippen molar-refractivity contribution in [1.82, 2.24) is 0 Å². The van der Waals surface area contributed by atoms with Gasteiger partial charge in [-0.3, -0.25) is 0 Å². The number of hydrogen-bond donors (Lipinski definition) is 0. The van der Waals surface area contributed by atoms with Gasteiger partial charge in [-0.1, -0.05) is 48.3 Å². The molecule has 1 atom stereocenters. The fourth-order valence-corrected chi connectivity index (χ4v) is 0.907. The molecular formula is C7H11I. The lowest BCUT2D eigenvalue weighted by atomic mass is 10.2. The van der Waals surface area contributed by atoms with E-state index in [-0.39, 0.29) is 0 Å². The predicted octanol–water partition coefficient (Wildman–Crippen LogP) is 2.61. The zero-order valence-corrected chi connectivity index (χ0v) is 7.31. The predicted molar refractivity (Wildman–Crippen MR) is 46.2 cm³/mol. The van der Waals surface area contributed by atoms with E-state index in [1.165, 1.54) is 19.3 Å². The van der Waals surface area contributed by atoms with Crippen LogP contribution in [0, 0.1) is 12.3 Å². The third-order valence-corrected chi connectivity index (χ3v) is 1.97. The van der Waals surface area contributed by atoms with E-state index in [9.17, 15) is 0 Å². The lowest BCUT2D eigenvalue weighted by Gasteiger charge is -1.96. The van der Waals surface area contributed by atoms with Crippen molar-refractivity contribution < 1.29 is 0 Å². The molecule has 0 aliphatic rings. The van der Waals surface area contributed by atoms with E-state index >= 15 is 0 Å². The molecule has 46 valence electrons. The molecule has 0 bridgehead atoms. The fourth-order valence-electron chi connectivity index (χ4n) is 0.467. The van der Waals surface area contributed by atoms with Crippen molar-refractivity contribution in [2.75, 3.05) is 0 Å². The highest BCUT2D eigenvalue weighted by Gasteiger charge is 1.94. The molecule has 0 nitrogen and oxygen atoms in total. The molecule has 0 aromatic heterocycles. The molecule has 0 aromatic carbocycles. The molecule has 1 unspecified atom stereocenters. The summed E-state index contributed by atoms with van der Waals surface area (Å²) in [5.74, 6) is 2.69. The Hall–Kier alpha value is 0.290. The van der Waals surface area contributed by atoms with Crippen molar-refractivity contribution in [3.8, 4) is 12.3 Å². The lowest BCUT2D eigenvalue weighted by molar-refractivity contribution is 0.755. The van der Waals surface area contributed by atoms with Crippen LogP contribution in [0.4, 0.5) is 0 Å². The van der Waals surface area contributed by atoms with Crippen LogP contribution in [-0.4, -0.2) is 3.92 Å². The van der Waals surface area contributed by atoms with Crippen molar-refractivity contribution in [1.29, 1.82) is 0 Å². The van der Waals surface area contributed by atoms with E-state index in [4.69, 9.17) is 6.42 Å². The Labute approximate surface area is 65.2 Å². The second-order valence-corrected chi connectivity index (χ2v) is 3.28. The highest BCUT2D eigenvalue weighted by molar-refractivity contribution is 14.1. The maximum atomic E-state index is 5.16. The Morgan fingerprint density at radius 1 is 1.75 bits per heavy atom. The van der Waals surface area contributed by atoms with E-state index in [1.54, 1.807) is 0 Å². The molecule has 0 saturated heterocycles. The van der Waals surface area contributed by atoms with E-state index in [0.717, 1.165) is 0 Å². The number of terminal acetylenes is 1. The molecule has 0 aromatic rings. The molecule has 0 amide bonds. The van der Waals surface area contributed by atoms with Gasteiger partial charge in [-0.2, -0.15) is 0 Å². The summed E-state index contributed by atoms with van der Waals surface area (Å²) in [4.78, 5) is 0. The smallest absolute Gasteiger partial charge is 0.0716 e. The summed E-state index contributed by atoms with van der Waals surface area (Å²) >= 11 is 2.29. The molecule has 0 fully saturated rings. The van der Waals surface area contributed by atoms with Crippen molar-refractivity contribution >= 4 is 22.6 Å². The lowest BCUT2D eigenvalue weighted by Crippen LogP contribution is -1.90. The third kappa shape index (κ3) is 4.45. The molecule has 0 radical (unpaired) electrons. The minimum atomic E-state index is 0.451. The van der Waals surface area contributed by atoms with Crippen LogP contribution in [0.3, 0.4) is 0 Å². The first-order chi connectivity index (χ1) is 3.81. The highest BCUT2D eigenvalue weighted by Crippen LogP contribution is 2.07.